The van der Waals surface area contributed by atoms with Crippen molar-refractivity contribution in [1.82, 2.24) is 5.43 Å². The van der Waals surface area contributed by atoms with Crippen molar-refractivity contribution in [2.45, 2.75) is 39.5 Å². The average Bonchev–Trinajstić information content (AvgIpc) is 3.00. The van der Waals surface area contributed by atoms with Crippen LogP contribution < -0.4 is 5.43 Å². The molecule has 0 saturated heterocycles. The van der Waals surface area contributed by atoms with E-state index < -0.39 is 5.91 Å². The van der Waals surface area contributed by atoms with Crippen molar-refractivity contribution in [2.75, 3.05) is 0 Å². The summed E-state index contributed by atoms with van der Waals surface area (Å²) < 4.78 is 4.92. The largest absolute Gasteiger partial charge is 0.507 e. The van der Waals surface area contributed by atoms with Gasteiger partial charge in [0.1, 0.15) is 5.75 Å². The zero-order chi connectivity index (χ0) is 17.0. The number of hydrogen-bond donors (Lipinski definition) is 2. The first-order valence-electron chi connectivity index (χ1n) is 7.62. The quantitative estimate of drug-likeness (QED) is 0.647. The minimum absolute atomic E-state index is 0.0143. The molecular formula is C18H22N2O3. The fourth-order valence-corrected chi connectivity index (χ4v) is 2.20. The monoisotopic (exact) mass is 314 g/mol. The van der Waals surface area contributed by atoms with Crippen LogP contribution in [0.4, 0.5) is 0 Å². The van der Waals surface area contributed by atoms with E-state index in [0.717, 1.165) is 16.7 Å². The van der Waals surface area contributed by atoms with E-state index >= 15 is 0 Å². The normalized spacial score (nSPS) is 11.6. The molecule has 0 fully saturated rings. The van der Waals surface area contributed by atoms with Crippen molar-refractivity contribution in [1.29, 1.82) is 0 Å². The highest BCUT2D eigenvalue weighted by molar-refractivity contribution is 5.98. The number of carbonyl (C=O) groups excluding carboxylic acids is 1. The van der Waals surface area contributed by atoms with Gasteiger partial charge in [0, 0.05) is 5.56 Å². The van der Waals surface area contributed by atoms with Gasteiger partial charge in [-0.3, -0.25) is 4.79 Å². The fourth-order valence-electron chi connectivity index (χ4n) is 2.20. The Morgan fingerprint density at radius 1 is 1.26 bits per heavy atom. The lowest BCUT2D eigenvalue weighted by atomic mass is 9.92. The molecule has 0 aliphatic carbocycles. The minimum Gasteiger partial charge on any atom is -0.507 e. The second-order valence-electron chi connectivity index (χ2n) is 6.07. The van der Waals surface area contributed by atoms with E-state index in [1.165, 1.54) is 18.7 Å². The van der Waals surface area contributed by atoms with Crippen molar-refractivity contribution in [3.63, 3.8) is 0 Å². The summed E-state index contributed by atoms with van der Waals surface area (Å²) in [6, 6.07) is 5.40. The van der Waals surface area contributed by atoms with Crippen molar-refractivity contribution in [2.24, 2.45) is 5.10 Å². The average molecular weight is 314 g/mol. The van der Waals surface area contributed by atoms with Crippen LogP contribution in [0, 0.1) is 0 Å². The lowest BCUT2D eigenvalue weighted by molar-refractivity contribution is 0.0952. The Labute approximate surface area is 136 Å². The van der Waals surface area contributed by atoms with Gasteiger partial charge in [-0.15, -0.1) is 0 Å². The predicted molar refractivity (Wildman–Crippen MR) is 90.1 cm³/mol. The molecule has 0 radical (unpaired) electrons. The van der Waals surface area contributed by atoms with E-state index in [1.54, 1.807) is 12.1 Å². The first-order chi connectivity index (χ1) is 10.9. The van der Waals surface area contributed by atoms with Gasteiger partial charge >= 0.3 is 0 Å². The molecule has 1 heterocycles. The Morgan fingerprint density at radius 2 is 2.00 bits per heavy atom. The molecular weight excluding hydrogens is 292 g/mol. The number of aromatic hydroxyl groups is 1. The molecule has 0 unspecified atom stereocenters. The SMILES string of the molecule is CC(C)c1cc(C(=O)N/N=C\c2ccoc2)c(O)c(C(C)C)c1. The van der Waals surface area contributed by atoms with Gasteiger partial charge in [0.05, 0.1) is 24.3 Å². The number of hydrazone groups is 1. The Kier molecular flexibility index (Phi) is 5.21. The number of hydrogen-bond acceptors (Lipinski definition) is 4. The number of furan rings is 1. The maximum absolute atomic E-state index is 12.3. The summed E-state index contributed by atoms with van der Waals surface area (Å²) in [5.41, 5.74) is 5.20. The summed E-state index contributed by atoms with van der Waals surface area (Å²) in [6.45, 7) is 8.07. The molecule has 122 valence electrons. The van der Waals surface area contributed by atoms with Crippen LogP contribution in [-0.2, 0) is 0 Å². The smallest absolute Gasteiger partial charge is 0.275 e. The highest BCUT2D eigenvalue weighted by Crippen LogP contribution is 2.32. The molecule has 0 spiro atoms. The van der Waals surface area contributed by atoms with Gasteiger partial charge in [-0.2, -0.15) is 5.10 Å². The zero-order valence-corrected chi connectivity index (χ0v) is 13.8. The third kappa shape index (κ3) is 4.00. The molecule has 2 rings (SSSR count). The summed E-state index contributed by atoms with van der Waals surface area (Å²) in [5, 5.41) is 14.3. The summed E-state index contributed by atoms with van der Waals surface area (Å²) in [7, 11) is 0. The lowest BCUT2D eigenvalue weighted by Crippen LogP contribution is -2.18. The third-order valence-corrected chi connectivity index (χ3v) is 3.62. The van der Waals surface area contributed by atoms with Crippen LogP contribution in [0.3, 0.4) is 0 Å². The molecule has 0 aliphatic heterocycles. The molecule has 0 saturated carbocycles. The molecule has 0 bridgehead atoms. The first-order valence-corrected chi connectivity index (χ1v) is 7.62. The second kappa shape index (κ2) is 7.13. The highest BCUT2D eigenvalue weighted by Gasteiger charge is 2.18. The molecule has 2 aromatic rings. The molecule has 0 atom stereocenters. The number of carbonyl (C=O) groups is 1. The highest BCUT2D eigenvalue weighted by atomic mass is 16.3. The Balaban J connectivity index is 2.28. The topological polar surface area (TPSA) is 74.8 Å². The van der Waals surface area contributed by atoms with Crippen LogP contribution >= 0.6 is 0 Å². The van der Waals surface area contributed by atoms with E-state index in [1.807, 2.05) is 19.9 Å². The van der Waals surface area contributed by atoms with Crippen molar-refractivity contribution in [3.8, 4) is 5.75 Å². The minimum atomic E-state index is -0.438. The Bertz CT molecular complexity index is 701. The van der Waals surface area contributed by atoms with Crippen LogP contribution in [0.25, 0.3) is 0 Å². The third-order valence-electron chi connectivity index (χ3n) is 3.62. The van der Waals surface area contributed by atoms with Gasteiger partial charge in [0.2, 0.25) is 0 Å². The molecule has 5 nitrogen and oxygen atoms in total. The van der Waals surface area contributed by atoms with E-state index in [9.17, 15) is 9.90 Å². The molecule has 1 aromatic carbocycles. The predicted octanol–water partition coefficient (Wildman–Crippen LogP) is 4.00. The molecule has 1 amide bonds. The van der Waals surface area contributed by atoms with Crippen LogP contribution in [-0.4, -0.2) is 17.2 Å². The van der Waals surface area contributed by atoms with Crippen molar-refractivity contribution in [3.05, 3.63) is 53.0 Å². The van der Waals surface area contributed by atoms with E-state index in [4.69, 9.17) is 4.42 Å². The van der Waals surface area contributed by atoms with Crippen LogP contribution in [0.2, 0.25) is 0 Å². The maximum Gasteiger partial charge on any atom is 0.275 e. The van der Waals surface area contributed by atoms with Crippen molar-refractivity contribution >= 4 is 12.1 Å². The maximum atomic E-state index is 12.3. The van der Waals surface area contributed by atoms with Crippen molar-refractivity contribution < 1.29 is 14.3 Å². The number of amides is 1. The number of rotatable bonds is 5. The van der Waals surface area contributed by atoms with Crippen LogP contribution in [0.15, 0.2) is 40.2 Å². The second-order valence-corrected chi connectivity index (χ2v) is 6.07. The molecule has 1 aromatic heterocycles. The van der Waals surface area contributed by atoms with E-state index in [-0.39, 0.29) is 23.1 Å². The summed E-state index contributed by atoms with van der Waals surface area (Å²) >= 11 is 0. The number of phenolic OH excluding ortho intramolecular Hbond substituents is 1. The van der Waals surface area contributed by atoms with Crippen LogP contribution in [0.5, 0.6) is 5.75 Å². The molecule has 0 aliphatic rings. The molecule has 23 heavy (non-hydrogen) atoms. The Morgan fingerprint density at radius 3 is 2.57 bits per heavy atom. The Hall–Kier alpha value is -2.56. The molecule has 2 N–H and O–H groups in total. The van der Waals surface area contributed by atoms with Gasteiger partial charge in [0.15, 0.2) is 0 Å². The summed E-state index contributed by atoms with van der Waals surface area (Å²) in [5.74, 6) is -0.0455. The lowest BCUT2D eigenvalue weighted by Gasteiger charge is -2.16. The number of nitrogens with zero attached hydrogens (tertiary/aromatic N) is 1. The molecule has 5 heteroatoms. The van der Waals surface area contributed by atoms with Gasteiger partial charge < -0.3 is 9.52 Å². The van der Waals surface area contributed by atoms with Gasteiger partial charge in [0.25, 0.3) is 5.91 Å². The van der Waals surface area contributed by atoms with Gasteiger partial charge in [-0.1, -0.05) is 33.8 Å². The van der Waals surface area contributed by atoms with Crippen LogP contribution in [0.1, 0.15) is 66.6 Å². The van der Waals surface area contributed by atoms with Gasteiger partial charge in [-0.25, -0.2) is 5.43 Å². The fraction of sp³-hybridized carbons (Fsp3) is 0.333. The summed E-state index contributed by atoms with van der Waals surface area (Å²) in [6.07, 6.45) is 4.52. The number of phenols is 1. The van der Waals surface area contributed by atoms with E-state index in [0.29, 0.717) is 0 Å². The van der Waals surface area contributed by atoms with Gasteiger partial charge in [-0.05, 0) is 35.1 Å². The first kappa shape index (κ1) is 16.8. The zero-order valence-electron chi connectivity index (χ0n) is 13.8. The summed E-state index contributed by atoms with van der Waals surface area (Å²) in [4.78, 5) is 12.3. The standard InChI is InChI=1S/C18H22N2O3/c1-11(2)14-7-15(12(3)4)17(21)16(8-14)18(22)20-19-9-13-5-6-23-10-13/h5-12,21H,1-4H3,(H,20,22)/b19-9-. The van der Waals surface area contributed by atoms with E-state index in [2.05, 4.69) is 24.4 Å². The number of nitrogens with one attached hydrogen (secondary N) is 1. The number of benzene rings is 1.